The van der Waals surface area contributed by atoms with Gasteiger partial charge in [0.15, 0.2) is 0 Å². The van der Waals surface area contributed by atoms with Gasteiger partial charge in [0, 0.05) is 16.2 Å². The summed E-state index contributed by atoms with van der Waals surface area (Å²) in [5.74, 6) is -1.43. The molecule has 1 aromatic rings. The first-order chi connectivity index (χ1) is 9.71. The van der Waals surface area contributed by atoms with Crippen LogP contribution in [0.5, 0.6) is 0 Å². The molecule has 0 atom stereocenters. The minimum absolute atomic E-state index is 0.175. The molecule has 0 aliphatic heterocycles. The molecule has 116 valence electrons. The van der Waals surface area contributed by atoms with Crippen molar-refractivity contribution in [1.82, 2.24) is 5.32 Å². The molecule has 1 amide bonds. The zero-order valence-corrected chi connectivity index (χ0v) is 13.2. The van der Waals surface area contributed by atoms with Crippen LogP contribution >= 0.6 is 10.7 Å². The lowest BCUT2D eigenvalue weighted by Gasteiger charge is -2.34. The molecule has 2 rings (SSSR count). The van der Waals surface area contributed by atoms with Crippen LogP contribution in [0, 0.1) is 5.82 Å². The Kier molecular flexibility index (Phi) is 4.58. The first kappa shape index (κ1) is 16.2. The van der Waals surface area contributed by atoms with Crippen LogP contribution in [-0.4, -0.2) is 19.9 Å². The maximum atomic E-state index is 13.9. The molecule has 1 aliphatic rings. The molecule has 7 heteroatoms. The Labute approximate surface area is 128 Å². The van der Waals surface area contributed by atoms with Gasteiger partial charge in [-0.15, -0.1) is 0 Å². The molecule has 0 aromatic heterocycles. The molecule has 0 saturated heterocycles. The largest absolute Gasteiger partial charge is 0.347 e. The van der Waals surface area contributed by atoms with Crippen molar-refractivity contribution in [2.75, 3.05) is 0 Å². The summed E-state index contributed by atoms with van der Waals surface area (Å²) in [4.78, 5) is 11.8. The van der Waals surface area contributed by atoms with Gasteiger partial charge in [0.05, 0.1) is 10.5 Å². The Hall–Kier alpha value is -1.14. The van der Waals surface area contributed by atoms with Crippen LogP contribution in [0.3, 0.4) is 0 Å². The molecule has 4 nitrogen and oxygen atoms in total. The summed E-state index contributed by atoms with van der Waals surface area (Å²) in [6.45, 7) is 1.94. The van der Waals surface area contributed by atoms with E-state index in [4.69, 9.17) is 10.7 Å². The lowest BCUT2D eigenvalue weighted by molar-refractivity contribution is 0.0878. The molecule has 21 heavy (non-hydrogen) atoms. The summed E-state index contributed by atoms with van der Waals surface area (Å²) >= 11 is 0. The van der Waals surface area contributed by atoms with Crippen LogP contribution in [0.15, 0.2) is 23.1 Å². The molecular formula is C14H17ClFNO3S. The summed E-state index contributed by atoms with van der Waals surface area (Å²) in [7, 11) is 1.14. The first-order valence-corrected chi connectivity index (χ1v) is 9.09. The van der Waals surface area contributed by atoms with E-state index in [0.29, 0.717) is 0 Å². The fourth-order valence-electron chi connectivity index (χ4n) is 2.63. The fraction of sp³-hybridized carbons (Fsp3) is 0.500. The maximum absolute atomic E-state index is 13.9. The standard InChI is InChI=1S/C14H17ClFNO3S/c1-14(7-3-2-4-8-14)17-13(18)11-6-5-10(9-12(11)16)21(15,19)20/h5-6,9H,2-4,7-8H2,1H3,(H,17,18). The lowest BCUT2D eigenvalue weighted by Crippen LogP contribution is -2.47. The summed E-state index contributed by atoms with van der Waals surface area (Å²) < 4.78 is 36.2. The molecule has 1 N–H and O–H groups in total. The van der Waals surface area contributed by atoms with E-state index < -0.39 is 20.8 Å². The number of amides is 1. The Morgan fingerprint density at radius 2 is 1.90 bits per heavy atom. The predicted octanol–water partition coefficient (Wildman–Crippen LogP) is 3.21. The maximum Gasteiger partial charge on any atom is 0.261 e. The van der Waals surface area contributed by atoms with Crippen molar-refractivity contribution in [3.8, 4) is 0 Å². The number of hydrogen-bond donors (Lipinski definition) is 1. The van der Waals surface area contributed by atoms with Crippen molar-refractivity contribution in [3.05, 3.63) is 29.6 Å². The Balaban J connectivity index is 2.20. The van der Waals surface area contributed by atoms with Crippen molar-refractivity contribution in [2.45, 2.75) is 49.5 Å². The predicted molar refractivity (Wildman–Crippen MR) is 78.4 cm³/mol. The summed E-state index contributed by atoms with van der Waals surface area (Å²) in [6.07, 6.45) is 4.91. The minimum atomic E-state index is -4.01. The average Bonchev–Trinajstić information content (AvgIpc) is 2.37. The van der Waals surface area contributed by atoms with E-state index in [0.717, 1.165) is 50.3 Å². The molecule has 0 radical (unpaired) electrons. The van der Waals surface area contributed by atoms with Crippen molar-refractivity contribution < 1.29 is 17.6 Å². The minimum Gasteiger partial charge on any atom is -0.347 e. The second-order valence-corrected chi connectivity index (χ2v) is 8.22. The monoisotopic (exact) mass is 333 g/mol. The number of carbonyl (C=O) groups is 1. The number of rotatable bonds is 3. The van der Waals surface area contributed by atoms with Crippen LogP contribution in [0.4, 0.5) is 4.39 Å². The molecule has 0 heterocycles. The van der Waals surface area contributed by atoms with Crippen LogP contribution in [0.2, 0.25) is 0 Å². The quantitative estimate of drug-likeness (QED) is 0.864. The molecule has 1 aliphatic carbocycles. The van der Waals surface area contributed by atoms with E-state index in [1.54, 1.807) is 0 Å². The third-order valence-electron chi connectivity index (χ3n) is 3.84. The van der Waals surface area contributed by atoms with Crippen LogP contribution in [-0.2, 0) is 9.05 Å². The van der Waals surface area contributed by atoms with Crippen molar-refractivity contribution in [1.29, 1.82) is 0 Å². The van der Waals surface area contributed by atoms with E-state index in [2.05, 4.69) is 5.32 Å². The zero-order valence-electron chi connectivity index (χ0n) is 11.7. The normalized spacial score (nSPS) is 18.2. The van der Waals surface area contributed by atoms with Crippen molar-refractivity contribution in [3.63, 3.8) is 0 Å². The molecule has 1 aromatic carbocycles. The van der Waals surface area contributed by atoms with Gasteiger partial charge < -0.3 is 5.32 Å². The third kappa shape index (κ3) is 3.95. The van der Waals surface area contributed by atoms with Gasteiger partial charge in [0.2, 0.25) is 0 Å². The highest BCUT2D eigenvalue weighted by atomic mass is 35.7. The number of carbonyl (C=O) groups excluding carboxylic acids is 1. The second kappa shape index (κ2) is 5.93. The topological polar surface area (TPSA) is 63.2 Å². The summed E-state index contributed by atoms with van der Waals surface area (Å²) in [5, 5.41) is 2.85. The fourth-order valence-corrected chi connectivity index (χ4v) is 3.39. The average molecular weight is 334 g/mol. The highest BCUT2D eigenvalue weighted by Crippen LogP contribution is 2.28. The molecule has 1 saturated carbocycles. The SMILES string of the molecule is CC1(NC(=O)c2ccc(S(=O)(=O)Cl)cc2F)CCCCC1. The highest BCUT2D eigenvalue weighted by molar-refractivity contribution is 8.13. The molecular weight excluding hydrogens is 317 g/mol. The number of benzene rings is 1. The van der Waals surface area contributed by atoms with Crippen LogP contribution in [0.25, 0.3) is 0 Å². The number of halogens is 2. The lowest BCUT2D eigenvalue weighted by atomic mass is 9.83. The smallest absolute Gasteiger partial charge is 0.261 e. The van der Waals surface area contributed by atoms with E-state index in [1.807, 2.05) is 6.92 Å². The van der Waals surface area contributed by atoms with Crippen LogP contribution in [0.1, 0.15) is 49.4 Å². The first-order valence-electron chi connectivity index (χ1n) is 6.78. The van der Waals surface area contributed by atoms with Gasteiger partial charge in [-0.2, -0.15) is 0 Å². The van der Waals surface area contributed by atoms with Gasteiger partial charge in [-0.25, -0.2) is 12.8 Å². The number of nitrogens with one attached hydrogen (secondary N) is 1. The van der Waals surface area contributed by atoms with Gasteiger partial charge in [0.1, 0.15) is 5.82 Å². The van der Waals surface area contributed by atoms with Gasteiger partial charge in [-0.3, -0.25) is 4.79 Å². The summed E-state index contributed by atoms with van der Waals surface area (Å²) in [6, 6.07) is 3.04. The Morgan fingerprint density at radius 3 is 2.43 bits per heavy atom. The van der Waals surface area contributed by atoms with Crippen molar-refractivity contribution in [2.24, 2.45) is 0 Å². The van der Waals surface area contributed by atoms with E-state index in [-0.39, 0.29) is 16.0 Å². The molecule has 1 fully saturated rings. The van der Waals surface area contributed by atoms with Gasteiger partial charge in [-0.05, 0) is 38.0 Å². The van der Waals surface area contributed by atoms with Gasteiger partial charge in [-0.1, -0.05) is 19.3 Å². The van der Waals surface area contributed by atoms with Gasteiger partial charge >= 0.3 is 0 Å². The highest BCUT2D eigenvalue weighted by Gasteiger charge is 2.29. The van der Waals surface area contributed by atoms with E-state index in [1.165, 1.54) is 0 Å². The van der Waals surface area contributed by atoms with Gasteiger partial charge in [0.25, 0.3) is 15.0 Å². The van der Waals surface area contributed by atoms with Crippen LogP contribution < -0.4 is 5.32 Å². The molecule has 0 spiro atoms. The summed E-state index contributed by atoms with van der Waals surface area (Å²) in [5.41, 5.74) is -0.509. The molecule has 0 unspecified atom stereocenters. The number of hydrogen-bond acceptors (Lipinski definition) is 3. The zero-order chi connectivity index (χ0) is 15.7. The second-order valence-electron chi connectivity index (χ2n) is 5.65. The third-order valence-corrected chi connectivity index (χ3v) is 5.19. The van der Waals surface area contributed by atoms with E-state index >= 15 is 0 Å². The Bertz CT molecular complexity index is 654. The molecule has 0 bridgehead atoms. The van der Waals surface area contributed by atoms with E-state index in [9.17, 15) is 17.6 Å². The Morgan fingerprint density at radius 1 is 1.29 bits per heavy atom. The van der Waals surface area contributed by atoms with Crippen molar-refractivity contribution >= 4 is 25.6 Å².